The molecule has 4 heteroatoms. The van der Waals surface area contributed by atoms with Gasteiger partial charge in [0.15, 0.2) is 0 Å². The van der Waals surface area contributed by atoms with E-state index in [0.29, 0.717) is 6.42 Å². The highest BCUT2D eigenvalue weighted by molar-refractivity contribution is 5.86. The van der Waals surface area contributed by atoms with E-state index < -0.39 is 0 Å². The van der Waals surface area contributed by atoms with Gasteiger partial charge in [0.05, 0.1) is 5.54 Å². The Balaban J connectivity index is 2.54. The van der Waals surface area contributed by atoms with Gasteiger partial charge < -0.3 is 15.7 Å². The molecule has 0 aromatic carbocycles. The van der Waals surface area contributed by atoms with Crippen LogP contribution in [0.3, 0.4) is 0 Å². The monoisotopic (exact) mass is 228 g/mol. The summed E-state index contributed by atoms with van der Waals surface area (Å²) in [6.07, 6.45) is 4.32. The van der Waals surface area contributed by atoms with Crippen molar-refractivity contribution in [1.82, 2.24) is 10.6 Å². The van der Waals surface area contributed by atoms with E-state index in [1.807, 2.05) is 13.8 Å². The minimum atomic E-state index is -0.358. The van der Waals surface area contributed by atoms with Gasteiger partial charge in [-0.15, -0.1) is 0 Å². The summed E-state index contributed by atoms with van der Waals surface area (Å²) in [5.74, 6) is 0.104. The topological polar surface area (TPSA) is 61.4 Å². The quantitative estimate of drug-likeness (QED) is 0.630. The summed E-state index contributed by atoms with van der Waals surface area (Å²) >= 11 is 0. The van der Waals surface area contributed by atoms with E-state index in [-0.39, 0.29) is 24.1 Å². The van der Waals surface area contributed by atoms with Crippen molar-refractivity contribution in [3.63, 3.8) is 0 Å². The lowest BCUT2D eigenvalue weighted by atomic mass is 9.92. The molecule has 0 bridgehead atoms. The van der Waals surface area contributed by atoms with Crippen molar-refractivity contribution < 1.29 is 9.90 Å². The average molecular weight is 228 g/mol. The molecule has 1 amide bonds. The highest BCUT2D eigenvalue weighted by atomic mass is 16.3. The van der Waals surface area contributed by atoms with Crippen molar-refractivity contribution in [2.45, 2.75) is 57.5 Å². The summed E-state index contributed by atoms with van der Waals surface area (Å²) < 4.78 is 0. The van der Waals surface area contributed by atoms with Gasteiger partial charge in [-0.3, -0.25) is 4.79 Å². The van der Waals surface area contributed by atoms with Crippen LogP contribution in [0.1, 0.15) is 46.0 Å². The van der Waals surface area contributed by atoms with E-state index in [9.17, 15) is 4.79 Å². The number of carbonyl (C=O) groups excluding carboxylic acids is 1. The van der Waals surface area contributed by atoms with Crippen molar-refractivity contribution in [2.75, 3.05) is 13.2 Å². The van der Waals surface area contributed by atoms with Crippen molar-refractivity contribution in [2.24, 2.45) is 0 Å². The number of aliphatic hydroxyl groups is 1. The summed E-state index contributed by atoms with van der Waals surface area (Å²) in [5, 5.41) is 15.3. The van der Waals surface area contributed by atoms with Crippen molar-refractivity contribution >= 4 is 5.91 Å². The Bertz CT molecular complexity index is 225. The van der Waals surface area contributed by atoms with Gasteiger partial charge in [0, 0.05) is 12.6 Å². The Kier molecular flexibility index (Phi) is 5.22. The van der Waals surface area contributed by atoms with Crippen LogP contribution in [0, 0.1) is 0 Å². The molecule has 1 heterocycles. The molecule has 94 valence electrons. The Morgan fingerprint density at radius 1 is 1.56 bits per heavy atom. The maximum Gasteiger partial charge on any atom is 0.240 e. The molecule has 0 aromatic rings. The molecule has 1 aliphatic heterocycles. The van der Waals surface area contributed by atoms with Crippen LogP contribution >= 0.6 is 0 Å². The Morgan fingerprint density at radius 2 is 2.31 bits per heavy atom. The summed E-state index contributed by atoms with van der Waals surface area (Å²) in [7, 11) is 0. The van der Waals surface area contributed by atoms with Crippen molar-refractivity contribution in [1.29, 1.82) is 0 Å². The molecule has 0 spiro atoms. The summed E-state index contributed by atoms with van der Waals surface area (Å²) in [5.41, 5.74) is -0.358. The minimum absolute atomic E-state index is 0.100. The molecule has 1 saturated heterocycles. The lowest BCUT2D eigenvalue weighted by Crippen LogP contribution is -2.55. The minimum Gasteiger partial charge on any atom is -0.396 e. The Hall–Kier alpha value is -0.610. The maximum absolute atomic E-state index is 12.2. The van der Waals surface area contributed by atoms with Crippen LogP contribution in [0.4, 0.5) is 0 Å². The first-order chi connectivity index (χ1) is 7.68. The number of aliphatic hydroxyl groups excluding tert-OH is 1. The van der Waals surface area contributed by atoms with Gasteiger partial charge in [0.1, 0.15) is 0 Å². The lowest BCUT2D eigenvalue weighted by Gasteiger charge is -2.29. The summed E-state index contributed by atoms with van der Waals surface area (Å²) in [6.45, 7) is 5.13. The molecule has 0 radical (unpaired) electrons. The van der Waals surface area contributed by atoms with E-state index >= 15 is 0 Å². The normalized spacial score (nSPS) is 26.7. The van der Waals surface area contributed by atoms with Crippen LogP contribution in [-0.2, 0) is 4.79 Å². The molecule has 1 aliphatic rings. The first-order valence-electron chi connectivity index (χ1n) is 6.35. The number of carbonyl (C=O) groups is 1. The number of nitrogens with one attached hydrogen (secondary N) is 2. The fraction of sp³-hybridized carbons (Fsp3) is 0.917. The second kappa shape index (κ2) is 6.21. The van der Waals surface area contributed by atoms with Crippen molar-refractivity contribution in [3.8, 4) is 0 Å². The molecular formula is C12H24N2O2. The van der Waals surface area contributed by atoms with E-state index in [1.54, 1.807) is 0 Å². The molecule has 0 saturated carbocycles. The van der Waals surface area contributed by atoms with Gasteiger partial charge in [-0.2, -0.15) is 0 Å². The number of amides is 1. The fourth-order valence-corrected chi connectivity index (χ4v) is 2.32. The summed E-state index contributed by atoms with van der Waals surface area (Å²) in [6, 6.07) is 0.100. The van der Waals surface area contributed by atoms with Gasteiger partial charge in [-0.25, -0.2) is 0 Å². The van der Waals surface area contributed by atoms with Crippen LogP contribution in [-0.4, -0.2) is 35.7 Å². The zero-order chi connectivity index (χ0) is 12.0. The lowest BCUT2D eigenvalue weighted by molar-refractivity contribution is -0.128. The van der Waals surface area contributed by atoms with Crippen LogP contribution in [0.15, 0.2) is 0 Å². The SMILES string of the molecule is CCC(CCO)NC(=O)C1(CC)CCCN1. The largest absolute Gasteiger partial charge is 0.396 e. The van der Waals surface area contributed by atoms with E-state index in [2.05, 4.69) is 10.6 Å². The molecule has 0 aromatic heterocycles. The molecule has 1 fully saturated rings. The molecule has 0 aliphatic carbocycles. The maximum atomic E-state index is 12.2. The van der Waals surface area contributed by atoms with Crippen LogP contribution < -0.4 is 10.6 Å². The van der Waals surface area contributed by atoms with Gasteiger partial charge in [0.2, 0.25) is 5.91 Å². The van der Waals surface area contributed by atoms with E-state index in [0.717, 1.165) is 32.2 Å². The standard InChI is InChI=1S/C12H24N2O2/c1-3-10(6-9-15)14-11(16)12(4-2)7-5-8-13-12/h10,13,15H,3-9H2,1-2H3,(H,14,16). The van der Waals surface area contributed by atoms with Gasteiger partial charge in [-0.1, -0.05) is 13.8 Å². The Morgan fingerprint density at radius 3 is 2.75 bits per heavy atom. The predicted octanol–water partition coefficient (Wildman–Crippen LogP) is 0.796. The van der Waals surface area contributed by atoms with E-state index in [1.165, 1.54) is 0 Å². The molecule has 16 heavy (non-hydrogen) atoms. The zero-order valence-electron chi connectivity index (χ0n) is 10.4. The van der Waals surface area contributed by atoms with Crippen LogP contribution in [0.25, 0.3) is 0 Å². The third kappa shape index (κ3) is 2.95. The first kappa shape index (κ1) is 13.5. The number of rotatable bonds is 6. The Labute approximate surface area is 97.8 Å². The van der Waals surface area contributed by atoms with Crippen LogP contribution in [0.5, 0.6) is 0 Å². The first-order valence-corrected chi connectivity index (χ1v) is 6.35. The second-order valence-electron chi connectivity index (χ2n) is 4.56. The van der Waals surface area contributed by atoms with Gasteiger partial charge in [-0.05, 0) is 38.6 Å². The predicted molar refractivity (Wildman–Crippen MR) is 64.2 cm³/mol. The highest BCUT2D eigenvalue weighted by Crippen LogP contribution is 2.23. The third-order valence-electron chi connectivity index (χ3n) is 3.59. The third-order valence-corrected chi connectivity index (χ3v) is 3.59. The molecule has 2 unspecified atom stereocenters. The summed E-state index contributed by atoms with van der Waals surface area (Å²) in [4.78, 5) is 12.2. The highest BCUT2D eigenvalue weighted by Gasteiger charge is 2.39. The zero-order valence-corrected chi connectivity index (χ0v) is 10.4. The molecule has 4 nitrogen and oxygen atoms in total. The van der Waals surface area contributed by atoms with Gasteiger partial charge in [0.25, 0.3) is 0 Å². The van der Waals surface area contributed by atoms with Gasteiger partial charge >= 0.3 is 0 Å². The fourth-order valence-electron chi connectivity index (χ4n) is 2.32. The molecule has 3 N–H and O–H groups in total. The second-order valence-corrected chi connectivity index (χ2v) is 4.56. The molecule has 1 rings (SSSR count). The smallest absolute Gasteiger partial charge is 0.240 e. The number of hydrogen-bond donors (Lipinski definition) is 3. The molecule has 2 atom stereocenters. The molecular weight excluding hydrogens is 204 g/mol. The van der Waals surface area contributed by atoms with Crippen molar-refractivity contribution in [3.05, 3.63) is 0 Å². The van der Waals surface area contributed by atoms with Crippen LogP contribution in [0.2, 0.25) is 0 Å². The number of hydrogen-bond acceptors (Lipinski definition) is 3. The van der Waals surface area contributed by atoms with E-state index in [4.69, 9.17) is 5.11 Å². The average Bonchev–Trinajstić information content (AvgIpc) is 2.78.